The van der Waals surface area contributed by atoms with Gasteiger partial charge in [0, 0.05) is 45.0 Å². The van der Waals surface area contributed by atoms with Crippen LogP contribution in [0.1, 0.15) is 60.6 Å². The van der Waals surface area contributed by atoms with Crippen molar-refractivity contribution in [1.82, 2.24) is 4.98 Å². The second-order valence-corrected chi connectivity index (χ2v) is 13.2. The molecule has 0 saturated carbocycles. The van der Waals surface area contributed by atoms with Gasteiger partial charge in [0.1, 0.15) is 0 Å². The van der Waals surface area contributed by atoms with Crippen LogP contribution in [0, 0.1) is 12.3 Å². The predicted octanol–water partition coefficient (Wildman–Crippen LogP) is 9.02. The Kier molecular flexibility index (Phi) is 6.94. The zero-order chi connectivity index (χ0) is 30.6. The molecule has 7 rings (SSSR count). The fraction of sp³-hybridized carbons (Fsp3) is 0.211. The van der Waals surface area contributed by atoms with Gasteiger partial charge in [0.2, 0.25) is 5.91 Å². The summed E-state index contributed by atoms with van der Waals surface area (Å²) in [5.41, 5.74) is 8.60. The minimum atomic E-state index is -0.563. The smallest absolute Gasteiger partial charge is 0.239 e. The summed E-state index contributed by atoms with van der Waals surface area (Å²) in [6.45, 7) is 6.78. The Morgan fingerprint density at radius 3 is 2.41 bits per heavy atom. The number of fused-ring (bicyclic) bond motifs is 2. The van der Waals surface area contributed by atoms with E-state index < -0.39 is 5.92 Å². The van der Waals surface area contributed by atoms with Crippen molar-refractivity contribution < 1.29 is 9.59 Å². The van der Waals surface area contributed by atoms with Gasteiger partial charge in [-0.1, -0.05) is 85.6 Å². The van der Waals surface area contributed by atoms with Gasteiger partial charge in [-0.3, -0.25) is 9.59 Å². The number of nitrogens with zero attached hydrogens (tertiary/aromatic N) is 1. The molecule has 0 saturated heterocycles. The maximum absolute atomic E-state index is 14.6. The minimum Gasteiger partial charge on any atom is -0.358 e. The number of benzene rings is 4. The van der Waals surface area contributed by atoms with E-state index in [-0.39, 0.29) is 17.1 Å². The topological polar surface area (TPSA) is 65.2 Å². The SMILES string of the molecule is Cc1ccc2[nH]c(C3=C(Nc4ccc(Cl)cc4)CC(C)(C)CC3=O)c(C3C(=O)N(Cc4ccccc4)c4ccccc43)c2c1. The Bertz CT molecular complexity index is 1950. The van der Waals surface area contributed by atoms with Gasteiger partial charge in [0.15, 0.2) is 5.78 Å². The molecule has 2 heterocycles. The lowest BCUT2D eigenvalue weighted by atomic mass is 9.74. The van der Waals surface area contributed by atoms with Gasteiger partial charge in [-0.15, -0.1) is 0 Å². The monoisotopic (exact) mass is 599 g/mol. The molecule has 5 nitrogen and oxygen atoms in total. The highest BCUT2D eigenvalue weighted by atomic mass is 35.5. The molecule has 1 aliphatic carbocycles. The van der Waals surface area contributed by atoms with Crippen LogP contribution in [0.2, 0.25) is 5.02 Å². The van der Waals surface area contributed by atoms with Gasteiger partial charge < -0.3 is 15.2 Å². The van der Waals surface area contributed by atoms with E-state index in [2.05, 4.69) is 49.3 Å². The lowest BCUT2D eigenvalue weighted by Crippen LogP contribution is -2.30. The minimum absolute atomic E-state index is 0.00936. The number of allylic oxidation sites excluding steroid dienone is 2. The molecule has 2 N–H and O–H groups in total. The van der Waals surface area contributed by atoms with Crippen molar-refractivity contribution in [2.75, 3.05) is 10.2 Å². The number of H-pyrrole nitrogens is 1. The molecule has 0 bridgehead atoms. The largest absolute Gasteiger partial charge is 0.358 e. The van der Waals surface area contributed by atoms with Gasteiger partial charge >= 0.3 is 0 Å². The molecular weight excluding hydrogens is 566 g/mol. The van der Waals surface area contributed by atoms with E-state index in [0.29, 0.717) is 30.0 Å². The van der Waals surface area contributed by atoms with E-state index in [4.69, 9.17) is 11.6 Å². The third kappa shape index (κ3) is 5.01. The molecule has 220 valence electrons. The second kappa shape index (κ2) is 10.8. The molecule has 1 amide bonds. The molecule has 5 aromatic rings. The third-order valence-corrected chi connectivity index (χ3v) is 9.03. The van der Waals surface area contributed by atoms with E-state index in [1.165, 1.54) is 0 Å². The lowest BCUT2D eigenvalue weighted by molar-refractivity contribution is -0.119. The first-order valence-electron chi connectivity index (χ1n) is 15.0. The highest BCUT2D eigenvalue weighted by molar-refractivity contribution is 6.30. The van der Waals surface area contributed by atoms with Gasteiger partial charge in [-0.05, 0) is 72.4 Å². The number of aryl methyl sites for hydroxylation is 1. The van der Waals surface area contributed by atoms with Crippen LogP contribution in [-0.2, 0) is 16.1 Å². The fourth-order valence-electron chi connectivity index (χ4n) is 6.84. The van der Waals surface area contributed by atoms with Gasteiger partial charge in [0.05, 0.1) is 23.7 Å². The van der Waals surface area contributed by atoms with Crippen LogP contribution in [0.5, 0.6) is 0 Å². The normalized spacial score (nSPS) is 17.8. The zero-order valence-electron chi connectivity index (χ0n) is 25.1. The molecule has 1 aromatic heterocycles. The number of carbonyl (C=O) groups is 2. The van der Waals surface area contributed by atoms with Crippen molar-refractivity contribution in [2.24, 2.45) is 5.41 Å². The number of para-hydroxylation sites is 1. The van der Waals surface area contributed by atoms with Crippen LogP contribution in [0.3, 0.4) is 0 Å². The number of aromatic amines is 1. The Balaban J connectivity index is 1.45. The number of anilines is 2. The van der Waals surface area contributed by atoms with Gasteiger partial charge in [-0.25, -0.2) is 0 Å². The number of nitrogens with one attached hydrogen (secondary N) is 2. The quantitative estimate of drug-likeness (QED) is 0.205. The zero-order valence-corrected chi connectivity index (χ0v) is 25.8. The summed E-state index contributed by atoms with van der Waals surface area (Å²) in [6.07, 6.45) is 1.09. The molecule has 4 aromatic carbocycles. The molecule has 1 atom stereocenters. The van der Waals surface area contributed by atoms with Gasteiger partial charge in [-0.2, -0.15) is 0 Å². The molecule has 0 radical (unpaired) electrons. The first-order chi connectivity index (χ1) is 21.2. The summed E-state index contributed by atoms with van der Waals surface area (Å²) in [6, 6.07) is 31.9. The second-order valence-electron chi connectivity index (χ2n) is 12.8. The fourth-order valence-corrected chi connectivity index (χ4v) is 6.97. The molecule has 1 unspecified atom stereocenters. The summed E-state index contributed by atoms with van der Waals surface area (Å²) in [5, 5.41) is 5.19. The van der Waals surface area contributed by atoms with Crippen molar-refractivity contribution in [3.8, 4) is 0 Å². The highest BCUT2D eigenvalue weighted by Crippen LogP contribution is 2.49. The summed E-state index contributed by atoms with van der Waals surface area (Å²) in [7, 11) is 0. The molecule has 2 aliphatic rings. The number of amides is 1. The number of hydrogen-bond acceptors (Lipinski definition) is 3. The summed E-state index contributed by atoms with van der Waals surface area (Å²) in [4.78, 5) is 34.3. The number of halogens is 1. The number of hydrogen-bond donors (Lipinski definition) is 2. The number of Topliss-reactive ketones (excluding diaryl/α,β-unsaturated/α-hetero) is 1. The van der Waals surface area contributed by atoms with Crippen LogP contribution < -0.4 is 10.2 Å². The summed E-state index contributed by atoms with van der Waals surface area (Å²) < 4.78 is 0. The number of rotatable bonds is 6. The lowest BCUT2D eigenvalue weighted by Gasteiger charge is -2.33. The van der Waals surface area contributed by atoms with E-state index in [1.54, 1.807) is 0 Å². The Labute approximate surface area is 262 Å². The standard InChI is InChI=1S/C38H34ClN3O2/c1-23-13-18-29-28(19-23)33(34-27-11-7-8-12-31(27)42(37(34)44)22-24-9-5-4-6-10-24)36(41-29)35-30(20-38(2,3)21-32(35)43)40-26-16-14-25(39)15-17-26/h4-19,34,40-41H,20-22H2,1-3H3. The molecular formula is C38H34ClN3O2. The van der Waals surface area contributed by atoms with E-state index >= 15 is 0 Å². The average Bonchev–Trinajstić information content (AvgIpc) is 3.47. The highest BCUT2D eigenvalue weighted by Gasteiger charge is 2.43. The van der Waals surface area contributed by atoms with Crippen LogP contribution >= 0.6 is 11.6 Å². The van der Waals surface area contributed by atoms with E-state index in [9.17, 15) is 9.59 Å². The molecule has 44 heavy (non-hydrogen) atoms. The summed E-state index contributed by atoms with van der Waals surface area (Å²) >= 11 is 6.18. The summed E-state index contributed by atoms with van der Waals surface area (Å²) in [5.74, 6) is -0.496. The van der Waals surface area contributed by atoms with Crippen molar-refractivity contribution in [3.05, 3.63) is 136 Å². The molecule has 0 fully saturated rings. The molecule has 1 aliphatic heterocycles. The van der Waals surface area contributed by atoms with Crippen molar-refractivity contribution >= 4 is 51.1 Å². The van der Waals surface area contributed by atoms with Crippen LogP contribution in [0.25, 0.3) is 16.5 Å². The average molecular weight is 600 g/mol. The first-order valence-corrected chi connectivity index (χ1v) is 15.4. The van der Waals surface area contributed by atoms with Crippen LogP contribution in [-0.4, -0.2) is 16.7 Å². The van der Waals surface area contributed by atoms with Crippen molar-refractivity contribution in [1.29, 1.82) is 0 Å². The molecule has 0 spiro atoms. The maximum atomic E-state index is 14.6. The van der Waals surface area contributed by atoms with Crippen LogP contribution in [0.15, 0.2) is 103 Å². The van der Waals surface area contributed by atoms with Crippen molar-refractivity contribution in [3.63, 3.8) is 0 Å². The Hall–Kier alpha value is -4.61. The Morgan fingerprint density at radius 1 is 0.909 bits per heavy atom. The molecule has 6 heteroatoms. The number of ketones is 1. The van der Waals surface area contributed by atoms with Gasteiger partial charge in [0.25, 0.3) is 0 Å². The number of carbonyl (C=O) groups excluding carboxylic acids is 2. The van der Waals surface area contributed by atoms with Crippen LogP contribution in [0.4, 0.5) is 11.4 Å². The predicted molar refractivity (Wildman–Crippen MR) is 179 cm³/mol. The van der Waals surface area contributed by atoms with Crippen molar-refractivity contribution in [2.45, 2.75) is 46.1 Å². The maximum Gasteiger partial charge on any atom is 0.239 e. The third-order valence-electron chi connectivity index (χ3n) is 8.78. The number of aromatic nitrogens is 1. The Morgan fingerprint density at radius 2 is 1.64 bits per heavy atom. The van der Waals surface area contributed by atoms with E-state index in [0.717, 1.165) is 55.9 Å². The first kappa shape index (κ1) is 28.2. The van der Waals surface area contributed by atoms with E-state index in [1.807, 2.05) is 83.8 Å².